The zero-order valence-corrected chi connectivity index (χ0v) is 15.1. The summed E-state index contributed by atoms with van der Waals surface area (Å²) >= 11 is 1.88. The molecule has 2 nitrogen and oxygen atoms in total. The van der Waals surface area contributed by atoms with Crippen LogP contribution in [0.15, 0.2) is 65.6 Å². The summed E-state index contributed by atoms with van der Waals surface area (Å²) in [6.07, 6.45) is 1.09. The Labute approximate surface area is 152 Å². The second kappa shape index (κ2) is 5.94. The third-order valence-corrected chi connectivity index (χ3v) is 6.09. The monoisotopic (exact) mass is 344 g/mol. The van der Waals surface area contributed by atoms with Crippen molar-refractivity contribution >= 4 is 33.6 Å². The molecule has 0 amide bonds. The van der Waals surface area contributed by atoms with Gasteiger partial charge in [0.1, 0.15) is 0 Å². The van der Waals surface area contributed by atoms with Crippen molar-refractivity contribution in [3.63, 3.8) is 0 Å². The molecule has 0 saturated heterocycles. The van der Waals surface area contributed by atoms with Crippen LogP contribution in [0.2, 0.25) is 0 Å². The predicted molar refractivity (Wildman–Crippen MR) is 107 cm³/mol. The van der Waals surface area contributed by atoms with E-state index in [9.17, 15) is 0 Å². The second-order valence-electron chi connectivity index (χ2n) is 6.84. The van der Waals surface area contributed by atoms with Crippen LogP contribution >= 0.6 is 11.9 Å². The van der Waals surface area contributed by atoms with E-state index in [2.05, 4.69) is 76.9 Å². The molecule has 5 rings (SSSR count). The number of nitrogens with zero attached hydrogens (tertiary/aromatic N) is 1. The number of aryl methyl sites for hydroxylation is 1. The van der Waals surface area contributed by atoms with Crippen molar-refractivity contribution in [2.45, 2.75) is 24.8 Å². The molecule has 25 heavy (non-hydrogen) atoms. The summed E-state index contributed by atoms with van der Waals surface area (Å²) in [7, 11) is 0. The molecule has 0 bridgehead atoms. The normalized spacial score (nSPS) is 14.9. The lowest BCUT2D eigenvalue weighted by Gasteiger charge is -2.26. The lowest BCUT2D eigenvalue weighted by Crippen LogP contribution is -2.24. The Morgan fingerprint density at radius 3 is 2.76 bits per heavy atom. The van der Waals surface area contributed by atoms with E-state index in [4.69, 9.17) is 0 Å². The number of aromatic amines is 1. The zero-order chi connectivity index (χ0) is 16.8. The van der Waals surface area contributed by atoms with Crippen molar-refractivity contribution < 1.29 is 0 Å². The number of hydrogen-bond acceptors (Lipinski definition) is 2. The van der Waals surface area contributed by atoms with Crippen LogP contribution in [-0.2, 0) is 13.0 Å². The standard InChI is InChI=1S/C22H20N2S/c1-15-6-9-21-19(12-15)20-14-24(11-10-22(20)23-21)25-18-8-7-16-4-2-3-5-17(16)13-18/h2-9,12-13,23H,10-11,14H2,1H3. The lowest BCUT2D eigenvalue weighted by atomic mass is 10.0. The van der Waals surface area contributed by atoms with Crippen LogP contribution in [-0.4, -0.2) is 15.8 Å². The summed E-state index contributed by atoms with van der Waals surface area (Å²) in [5.74, 6) is 0. The first-order chi connectivity index (χ1) is 12.3. The Morgan fingerprint density at radius 2 is 1.84 bits per heavy atom. The number of H-pyrrole nitrogens is 1. The lowest BCUT2D eigenvalue weighted by molar-refractivity contribution is 0.444. The average Bonchev–Trinajstić information content (AvgIpc) is 2.99. The van der Waals surface area contributed by atoms with E-state index in [1.165, 1.54) is 43.4 Å². The fourth-order valence-electron chi connectivity index (χ4n) is 3.75. The molecule has 3 aromatic carbocycles. The van der Waals surface area contributed by atoms with E-state index in [-0.39, 0.29) is 0 Å². The third kappa shape index (κ3) is 2.74. The quantitative estimate of drug-likeness (QED) is 0.471. The Morgan fingerprint density at radius 1 is 0.960 bits per heavy atom. The number of hydrogen-bond donors (Lipinski definition) is 1. The Balaban J connectivity index is 1.44. The average molecular weight is 344 g/mol. The van der Waals surface area contributed by atoms with Gasteiger partial charge in [0.25, 0.3) is 0 Å². The van der Waals surface area contributed by atoms with Gasteiger partial charge in [0.15, 0.2) is 0 Å². The summed E-state index contributed by atoms with van der Waals surface area (Å²) in [4.78, 5) is 4.93. The van der Waals surface area contributed by atoms with E-state index < -0.39 is 0 Å². The molecule has 3 heteroatoms. The highest BCUT2D eigenvalue weighted by molar-refractivity contribution is 7.97. The van der Waals surface area contributed by atoms with Crippen molar-refractivity contribution in [2.24, 2.45) is 0 Å². The maximum Gasteiger partial charge on any atom is 0.0459 e. The van der Waals surface area contributed by atoms with Crippen LogP contribution in [0.1, 0.15) is 16.8 Å². The minimum absolute atomic E-state index is 0.996. The molecule has 1 aliphatic heterocycles. The highest BCUT2D eigenvalue weighted by atomic mass is 32.2. The fourth-order valence-corrected chi connectivity index (χ4v) is 4.74. The molecule has 1 N–H and O–H groups in total. The van der Waals surface area contributed by atoms with Gasteiger partial charge in [-0.1, -0.05) is 42.0 Å². The van der Waals surface area contributed by atoms with Gasteiger partial charge in [-0.05, 0) is 59.5 Å². The minimum Gasteiger partial charge on any atom is -0.358 e. The van der Waals surface area contributed by atoms with E-state index in [1.807, 2.05) is 11.9 Å². The summed E-state index contributed by atoms with van der Waals surface area (Å²) in [5, 5.41) is 4.01. The van der Waals surface area contributed by atoms with Gasteiger partial charge in [-0.15, -0.1) is 0 Å². The predicted octanol–water partition coefficient (Wildman–Crippen LogP) is 5.69. The van der Waals surface area contributed by atoms with Crippen molar-refractivity contribution in [3.05, 3.63) is 77.5 Å². The van der Waals surface area contributed by atoms with Crippen LogP contribution in [0.4, 0.5) is 0 Å². The molecular weight excluding hydrogens is 324 g/mol. The molecule has 0 atom stereocenters. The molecule has 0 unspecified atom stereocenters. The molecule has 1 aromatic heterocycles. The SMILES string of the molecule is Cc1ccc2[nH]c3c(c2c1)CN(Sc1ccc2ccccc2c1)CC3. The van der Waals surface area contributed by atoms with Crippen LogP contribution in [0.5, 0.6) is 0 Å². The smallest absolute Gasteiger partial charge is 0.0459 e. The van der Waals surface area contributed by atoms with Crippen LogP contribution in [0.25, 0.3) is 21.7 Å². The highest BCUT2D eigenvalue weighted by Gasteiger charge is 2.21. The minimum atomic E-state index is 0.996. The Kier molecular flexibility index (Phi) is 3.58. The molecule has 2 heterocycles. The molecule has 0 fully saturated rings. The van der Waals surface area contributed by atoms with Crippen molar-refractivity contribution in [1.82, 2.24) is 9.29 Å². The number of fused-ring (bicyclic) bond motifs is 4. The first kappa shape index (κ1) is 15.1. The van der Waals surface area contributed by atoms with Crippen LogP contribution in [0.3, 0.4) is 0 Å². The maximum atomic E-state index is 3.62. The molecule has 0 aliphatic carbocycles. The molecule has 0 radical (unpaired) electrons. The summed E-state index contributed by atoms with van der Waals surface area (Å²) in [6, 6.07) is 22.0. The first-order valence-electron chi connectivity index (χ1n) is 8.78. The van der Waals surface area contributed by atoms with Gasteiger partial charge in [-0.2, -0.15) is 0 Å². The van der Waals surface area contributed by atoms with Crippen LogP contribution in [0, 0.1) is 6.92 Å². The number of rotatable bonds is 2. The van der Waals surface area contributed by atoms with E-state index in [0.717, 1.165) is 19.5 Å². The number of aromatic nitrogens is 1. The largest absolute Gasteiger partial charge is 0.358 e. The van der Waals surface area contributed by atoms with E-state index in [0.29, 0.717) is 0 Å². The third-order valence-electron chi connectivity index (χ3n) is 5.05. The molecular formula is C22H20N2S. The fraction of sp³-hybridized carbons (Fsp3) is 0.182. The maximum absolute atomic E-state index is 3.62. The van der Waals surface area contributed by atoms with Gasteiger partial charge in [-0.3, -0.25) is 0 Å². The van der Waals surface area contributed by atoms with Gasteiger partial charge < -0.3 is 4.98 Å². The van der Waals surface area contributed by atoms with Crippen molar-refractivity contribution in [2.75, 3.05) is 6.54 Å². The van der Waals surface area contributed by atoms with Gasteiger partial charge in [0.2, 0.25) is 0 Å². The van der Waals surface area contributed by atoms with E-state index in [1.54, 1.807) is 0 Å². The first-order valence-corrected chi connectivity index (χ1v) is 9.55. The van der Waals surface area contributed by atoms with Crippen molar-refractivity contribution in [1.29, 1.82) is 0 Å². The zero-order valence-electron chi connectivity index (χ0n) is 14.3. The van der Waals surface area contributed by atoms with E-state index >= 15 is 0 Å². The van der Waals surface area contributed by atoms with Gasteiger partial charge >= 0.3 is 0 Å². The molecule has 4 aromatic rings. The Hall–Kier alpha value is -2.23. The summed E-state index contributed by atoms with van der Waals surface area (Å²) < 4.78 is 2.49. The highest BCUT2D eigenvalue weighted by Crippen LogP contribution is 2.34. The molecule has 0 spiro atoms. The number of benzene rings is 3. The summed E-state index contributed by atoms with van der Waals surface area (Å²) in [5.41, 5.74) is 5.48. The Bertz CT molecular complexity index is 1080. The van der Waals surface area contributed by atoms with Gasteiger partial charge in [0, 0.05) is 41.0 Å². The summed E-state index contributed by atoms with van der Waals surface area (Å²) in [6.45, 7) is 4.25. The molecule has 124 valence electrons. The van der Waals surface area contributed by atoms with Gasteiger partial charge in [-0.25, -0.2) is 4.31 Å². The second-order valence-corrected chi connectivity index (χ2v) is 8.02. The van der Waals surface area contributed by atoms with Crippen molar-refractivity contribution in [3.8, 4) is 0 Å². The van der Waals surface area contributed by atoms with Gasteiger partial charge in [0.05, 0.1) is 0 Å². The molecule has 1 aliphatic rings. The molecule has 0 saturated carbocycles. The topological polar surface area (TPSA) is 19.0 Å². The number of nitrogens with one attached hydrogen (secondary N) is 1. The van der Waals surface area contributed by atoms with Crippen LogP contribution < -0.4 is 0 Å².